The van der Waals surface area contributed by atoms with Crippen molar-refractivity contribution >= 4 is 33.5 Å². The second kappa shape index (κ2) is 5.96. The number of aliphatic carboxylic acids is 1. The molecule has 1 aromatic heterocycles. The standard InChI is InChI=1S/C13H13BrN4O3/c1-18-6-7(5-16-18)11(13(20)21)17-9-4-2-3-8(14)10(9)12(15)19/h2-6,11,17H,1H3,(H2,15,19)(H,20,21). The van der Waals surface area contributed by atoms with Crippen molar-refractivity contribution in [1.82, 2.24) is 9.78 Å². The Balaban J connectivity index is 2.41. The summed E-state index contributed by atoms with van der Waals surface area (Å²) in [6, 6.07) is 3.90. The molecule has 0 radical (unpaired) electrons. The third kappa shape index (κ3) is 3.22. The molecule has 21 heavy (non-hydrogen) atoms. The Labute approximate surface area is 128 Å². The summed E-state index contributed by atoms with van der Waals surface area (Å²) in [6.07, 6.45) is 3.04. The third-order valence-electron chi connectivity index (χ3n) is 2.86. The molecule has 0 fully saturated rings. The van der Waals surface area contributed by atoms with Crippen LogP contribution in [-0.2, 0) is 11.8 Å². The van der Waals surface area contributed by atoms with Gasteiger partial charge in [-0.2, -0.15) is 5.10 Å². The molecule has 7 nitrogen and oxygen atoms in total. The molecular formula is C13H13BrN4O3. The average Bonchev–Trinajstić information content (AvgIpc) is 2.81. The summed E-state index contributed by atoms with van der Waals surface area (Å²) in [5.41, 5.74) is 6.35. The van der Waals surface area contributed by atoms with Crippen molar-refractivity contribution in [3.05, 3.63) is 46.2 Å². The van der Waals surface area contributed by atoms with Crippen LogP contribution in [0.5, 0.6) is 0 Å². The van der Waals surface area contributed by atoms with E-state index in [1.54, 1.807) is 31.4 Å². The molecule has 0 saturated heterocycles. The molecule has 110 valence electrons. The Bertz CT molecular complexity index is 698. The van der Waals surface area contributed by atoms with Gasteiger partial charge in [0.25, 0.3) is 5.91 Å². The van der Waals surface area contributed by atoms with Crippen molar-refractivity contribution in [2.45, 2.75) is 6.04 Å². The molecule has 0 bridgehead atoms. The van der Waals surface area contributed by atoms with Crippen molar-refractivity contribution < 1.29 is 14.7 Å². The van der Waals surface area contributed by atoms with Gasteiger partial charge in [-0.25, -0.2) is 4.79 Å². The number of rotatable bonds is 5. The minimum absolute atomic E-state index is 0.202. The lowest BCUT2D eigenvalue weighted by atomic mass is 10.1. The number of primary amides is 1. The number of carbonyl (C=O) groups is 2. The molecule has 8 heteroatoms. The molecule has 0 aliphatic carbocycles. The van der Waals surface area contributed by atoms with Gasteiger partial charge in [0.2, 0.25) is 0 Å². The number of nitrogens with two attached hydrogens (primary N) is 1. The van der Waals surface area contributed by atoms with Crippen LogP contribution in [0.4, 0.5) is 5.69 Å². The van der Waals surface area contributed by atoms with Gasteiger partial charge < -0.3 is 16.2 Å². The molecule has 0 aliphatic heterocycles. The Kier molecular flexibility index (Phi) is 4.27. The molecule has 1 amide bonds. The maximum absolute atomic E-state index is 11.5. The van der Waals surface area contributed by atoms with Gasteiger partial charge in [0.1, 0.15) is 0 Å². The first kappa shape index (κ1) is 15.0. The van der Waals surface area contributed by atoms with Gasteiger partial charge in [-0.1, -0.05) is 6.07 Å². The number of carboxylic acids is 1. The van der Waals surface area contributed by atoms with E-state index in [0.29, 0.717) is 15.7 Å². The van der Waals surface area contributed by atoms with Gasteiger partial charge in [0.05, 0.1) is 11.8 Å². The minimum atomic E-state index is -1.08. The average molecular weight is 353 g/mol. The number of carbonyl (C=O) groups excluding carboxylic acids is 1. The molecular weight excluding hydrogens is 340 g/mol. The second-order valence-electron chi connectivity index (χ2n) is 4.39. The van der Waals surface area contributed by atoms with Crippen LogP contribution in [0.1, 0.15) is 22.0 Å². The summed E-state index contributed by atoms with van der Waals surface area (Å²) in [6.45, 7) is 0. The molecule has 1 heterocycles. The number of aryl methyl sites for hydroxylation is 1. The molecule has 1 unspecified atom stereocenters. The minimum Gasteiger partial charge on any atom is -0.479 e. The fraction of sp³-hybridized carbons (Fsp3) is 0.154. The molecule has 0 saturated carbocycles. The van der Waals surface area contributed by atoms with Crippen molar-refractivity contribution in [2.75, 3.05) is 5.32 Å². The molecule has 1 atom stereocenters. The summed E-state index contributed by atoms with van der Waals surface area (Å²) in [5, 5.41) is 16.1. The predicted octanol–water partition coefficient (Wildman–Crippen LogP) is 1.52. The van der Waals surface area contributed by atoms with Crippen LogP contribution in [0.2, 0.25) is 0 Å². The van der Waals surface area contributed by atoms with Crippen molar-refractivity contribution in [3.63, 3.8) is 0 Å². The Morgan fingerprint density at radius 3 is 2.71 bits per heavy atom. The zero-order chi connectivity index (χ0) is 15.6. The number of nitrogens with zero attached hydrogens (tertiary/aromatic N) is 2. The Morgan fingerprint density at radius 1 is 1.48 bits per heavy atom. The largest absolute Gasteiger partial charge is 0.479 e. The van der Waals surface area contributed by atoms with Crippen LogP contribution in [0.3, 0.4) is 0 Å². The lowest BCUT2D eigenvalue weighted by Crippen LogP contribution is -2.23. The molecule has 4 N–H and O–H groups in total. The van der Waals surface area contributed by atoms with Crippen molar-refractivity contribution in [2.24, 2.45) is 12.8 Å². The van der Waals surface area contributed by atoms with Crippen LogP contribution < -0.4 is 11.1 Å². The Hall–Kier alpha value is -2.35. The zero-order valence-electron chi connectivity index (χ0n) is 11.1. The number of carboxylic acid groups (broad SMARTS) is 1. The number of amides is 1. The summed E-state index contributed by atoms with van der Waals surface area (Å²) < 4.78 is 2.00. The summed E-state index contributed by atoms with van der Waals surface area (Å²) >= 11 is 3.23. The molecule has 1 aromatic carbocycles. The van der Waals surface area contributed by atoms with Gasteiger partial charge in [-0.05, 0) is 28.1 Å². The fourth-order valence-electron chi connectivity index (χ4n) is 1.93. The van der Waals surface area contributed by atoms with Crippen LogP contribution >= 0.6 is 15.9 Å². The second-order valence-corrected chi connectivity index (χ2v) is 5.24. The number of hydrogen-bond donors (Lipinski definition) is 3. The van der Waals surface area contributed by atoms with Crippen molar-refractivity contribution in [1.29, 1.82) is 0 Å². The summed E-state index contributed by atoms with van der Waals surface area (Å²) in [4.78, 5) is 23.0. The normalized spacial score (nSPS) is 11.9. The van der Waals surface area contributed by atoms with E-state index in [0.717, 1.165) is 0 Å². The van der Waals surface area contributed by atoms with E-state index in [9.17, 15) is 14.7 Å². The van der Waals surface area contributed by atoms with Crippen molar-refractivity contribution in [3.8, 4) is 0 Å². The van der Waals surface area contributed by atoms with E-state index in [1.165, 1.54) is 10.9 Å². The maximum Gasteiger partial charge on any atom is 0.330 e. The SMILES string of the molecule is Cn1cc(C(Nc2cccc(Br)c2C(N)=O)C(=O)O)cn1. The topological polar surface area (TPSA) is 110 Å². The van der Waals surface area contributed by atoms with Crippen LogP contribution in [0, 0.1) is 0 Å². The molecule has 2 rings (SSSR count). The van der Waals surface area contributed by atoms with Gasteiger partial charge in [-0.3, -0.25) is 9.48 Å². The zero-order valence-corrected chi connectivity index (χ0v) is 12.7. The van der Waals surface area contributed by atoms with Gasteiger partial charge in [-0.15, -0.1) is 0 Å². The van der Waals surface area contributed by atoms with E-state index in [1.807, 2.05) is 0 Å². The van der Waals surface area contributed by atoms with Gasteiger partial charge in [0.15, 0.2) is 6.04 Å². The monoisotopic (exact) mass is 352 g/mol. The van der Waals surface area contributed by atoms with E-state index in [2.05, 4.69) is 26.3 Å². The lowest BCUT2D eigenvalue weighted by molar-refractivity contribution is -0.138. The third-order valence-corrected chi connectivity index (χ3v) is 3.53. The van der Waals surface area contributed by atoms with E-state index in [-0.39, 0.29) is 5.56 Å². The highest BCUT2D eigenvalue weighted by atomic mass is 79.9. The first-order chi connectivity index (χ1) is 9.90. The van der Waals surface area contributed by atoms with Gasteiger partial charge >= 0.3 is 5.97 Å². The number of hydrogen-bond acceptors (Lipinski definition) is 4. The van der Waals surface area contributed by atoms with E-state index < -0.39 is 17.9 Å². The first-order valence-corrected chi connectivity index (χ1v) is 6.75. The van der Waals surface area contributed by atoms with Crippen LogP contribution in [0.25, 0.3) is 0 Å². The molecule has 0 aliphatic rings. The summed E-state index contributed by atoms with van der Waals surface area (Å²) in [5.74, 6) is -1.74. The van der Waals surface area contributed by atoms with E-state index >= 15 is 0 Å². The summed E-state index contributed by atoms with van der Waals surface area (Å²) in [7, 11) is 1.69. The number of anilines is 1. The molecule has 2 aromatic rings. The van der Waals surface area contributed by atoms with Crippen LogP contribution in [-0.4, -0.2) is 26.8 Å². The number of halogens is 1. The maximum atomic E-state index is 11.5. The lowest BCUT2D eigenvalue weighted by Gasteiger charge is -2.17. The highest BCUT2D eigenvalue weighted by Gasteiger charge is 2.23. The Morgan fingerprint density at radius 2 is 2.19 bits per heavy atom. The van der Waals surface area contributed by atoms with E-state index in [4.69, 9.17) is 5.73 Å². The van der Waals surface area contributed by atoms with Gasteiger partial charge in [0, 0.05) is 29.0 Å². The quantitative estimate of drug-likeness (QED) is 0.755. The number of nitrogens with one attached hydrogen (secondary N) is 1. The fourth-order valence-corrected chi connectivity index (χ4v) is 2.49. The number of benzene rings is 1. The smallest absolute Gasteiger partial charge is 0.330 e. The highest BCUT2D eigenvalue weighted by Crippen LogP contribution is 2.28. The first-order valence-electron chi connectivity index (χ1n) is 5.96. The molecule has 0 spiro atoms. The highest BCUT2D eigenvalue weighted by molar-refractivity contribution is 9.10. The number of aromatic nitrogens is 2. The predicted molar refractivity (Wildman–Crippen MR) is 79.9 cm³/mol. The van der Waals surface area contributed by atoms with Crippen LogP contribution in [0.15, 0.2) is 35.1 Å².